The maximum absolute atomic E-state index is 11.9. The summed E-state index contributed by atoms with van der Waals surface area (Å²) in [5, 5.41) is 14.8. The van der Waals surface area contributed by atoms with Crippen LogP contribution in [0.3, 0.4) is 0 Å². The lowest BCUT2D eigenvalue weighted by Crippen LogP contribution is -2.06. The van der Waals surface area contributed by atoms with Gasteiger partial charge >= 0.3 is 5.97 Å². The molecular weight excluding hydrogens is 268 g/mol. The number of carbonyl (C=O) groups is 2. The third kappa shape index (κ3) is 2.36. The van der Waals surface area contributed by atoms with Crippen molar-refractivity contribution >= 4 is 28.8 Å². The zero-order chi connectivity index (χ0) is 14.8. The molecule has 1 aliphatic rings. The van der Waals surface area contributed by atoms with Crippen molar-refractivity contribution in [1.29, 1.82) is 0 Å². The van der Waals surface area contributed by atoms with Crippen LogP contribution in [0.15, 0.2) is 54.7 Å². The summed E-state index contributed by atoms with van der Waals surface area (Å²) in [5.74, 6) is -1.23. The monoisotopic (exact) mass is 280 g/mol. The smallest absolute Gasteiger partial charge is 0.337 e. The molecule has 2 aromatic carbocycles. The number of hydrogen-bond acceptors (Lipinski definition) is 3. The van der Waals surface area contributed by atoms with E-state index in [2.05, 4.69) is 10.6 Å². The molecule has 0 unspecified atom stereocenters. The van der Waals surface area contributed by atoms with Crippen LogP contribution >= 0.6 is 0 Å². The molecule has 0 aromatic heterocycles. The molecule has 1 aliphatic heterocycles. The molecule has 0 fully saturated rings. The second kappa shape index (κ2) is 5.13. The maximum Gasteiger partial charge on any atom is 0.337 e. The summed E-state index contributed by atoms with van der Waals surface area (Å²) in [6.45, 7) is 0. The van der Waals surface area contributed by atoms with E-state index in [9.17, 15) is 9.59 Å². The van der Waals surface area contributed by atoms with Gasteiger partial charge in [0, 0.05) is 17.5 Å². The highest BCUT2D eigenvalue weighted by molar-refractivity contribution is 6.31. The molecule has 5 heteroatoms. The quantitative estimate of drug-likeness (QED) is 0.755. The normalized spacial score (nSPS) is 14.7. The van der Waals surface area contributed by atoms with Crippen LogP contribution in [0.1, 0.15) is 15.9 Å². The van der Waals surface area contributed by atoms with E-state index in [0.29, 0.717) is 11.3 Å². The molecule has 0 saturated carbocycles. The standard InChI is InChI=1S/C16H12N2O3/c19-15-12(10-5-1-4-8-14(10)18-15)9-17-13-7-3-2-6-11(13)16(20)21/h1-9,17H,(H,18,19)(H,20,21)/b12-9-. The number of rotatable bonds is 3. The zero-order valence-electron chi connectivity index (χ0n) is 11.0. The van der Waals surface area contributed by atoms with Gasteiger partial charge in [-0.05, 0) is 18.2 Å². The summed E-state index contributed by atoms with van der Waals surface area (Å²) in [7, 11) is 0. The van der Waals surface area contributed by atoms with E-state index in [1.165, 1.54) is 12.3 Å². The summed E-state index contributed by atoms with van der Waals surface area (Å²) in [5.41, 5.74) is 2.62. The number of nitrogens with one attached hydrogen (secondary N) is 2. The molecule has 0 atom stereocenters. The lowest BCUT2D eigenvalue weighted by molar-refractivity contribution is -0.110. The van der Waals surface area contributed by atoms with Gasteiger partial charge in [-0.1, -0.05) is 30.3 Å². The van der Waals surface area contributed by atoms with E-state index in [4.69, 9.17) is 5.11 Å². The zero-order valence-corrected chi connectivity index (χ0v) is 11.0. The van der Waals surface area contributed by atoms with Crippen LogP contribution < -0.4 is 10.6 Å². The Hall–Kier alpha value is -3.08. The highest BCUT2D eigenvalue weighted by Crippen LogP contribution is 2.31. The minimum atomic E-state index is -1.02. The predicted molar refractivity (Wildman–Crippen MR) is 80.1 cm³/mol. The van der Waals surface area contributed by atoms with E-state index < -0.39 is 5.97 Å². The van der Waals surface area contributed by atoms with E-state index in [1.807, 2.05) is 24.3 Å². The van der Waals surface area contributed by atoms with Crippen LogP contribution in [-0.4, -0.2) is 17.0 Å². The van der Waals surface area contributed by atoms with Crippen molar-refractivity contribution in [3.05, 3.63) is 65.9 Å². The Morgan fingerprint density at radius 1 is 1.10 bits per heavy atom. The van der Waals surface area contributed by atoms with Gasteiger partial charge in [0.1, 0.15) is 0 Å². The van der Waals surface area contributed by atoms with Gasteiger partial charge in [-0.25, -0.2) is 4.79 Å². The first kappa shape index (κ1) is 12.9. The van der Waals surface area contributed by atoms with Crippen LogP contribution in [0.4, 0.5) is 11.4 Å². The Bertz CT molecular complexity index is 766. The minimum Gasteiger partial charge on any atom is -0.478 e. The molecule has 104 valence electrons. The summed E-state index contributed by atoms with van der Waals surface area (Å²) in [4.78, 5) is 23.1. The molecule has 5 nitrogen and oxygen atoms in total. The minimum absolute atomic E-state index is 0.154. The SMILES string of the molecule is O=C1Nc2ccccc2/C1=C/Nc1ccccc1C(=O)O. The topological polar surface area (TPSA) is 78.4 Å². The number of benzene rings is 2. The van der Waals surface area contributed by atoms with Gasteiger partial charge < -0.3 is 15.7 Å². The number of para-hydroxylation sites is 2. The lowest BCUT2D eigenvalue weighted by Gasteiger charge is -2.06. The molecule has 1 heterocycles. The molecule has 0 saturated heterocycles. The van der Waals surface area contributed by atoms with E-state index >= 15 is 0 Å². The van der Waals surface area contributed by atoms with Crippen molar-refractivity contribution in [3.8, 4) is 0 Å². The van der Waals surface area contributed by atoms with Crippen molar-refractivity contribution in [2.75, 3.05) is 10.6 Å². The van der Waals surface area contributed by atoms with E-state index in [0.717, 1.165) is 11.3 Å². The highest BCUT2D eigenvalue weighted by atomic mass is 16.4. The van der Waals surface area contributed by atoms with E-state index in [-0.39, 0.29) is 11.5 Å². The summed E-state index contributed by atoms with van der Waals surface area (Å²) >= 11 is 0. The molecule has 1 amide bonds. The molecule has 2 aromatic rings. The van der Waals surface area contributed by atoms with Gasteiger partial charge in [0.05, 0.1) is 16.8 Å². The number of carboxylic acids is 1. The number of hydrogen-bond donors (Lipinski definition) is 3. The Labute approximate surface area is 120 Å². The first-order chi connectivity index (χ1) is 10.2. The number of fused-ring (bicyclic) bond motifs is 1. The molecule has 21 heavy (non-hydrogen) atoms. The Kier molecular flexibility index (Phi) is 3.16. The average Bonchev–Trinajstić information content (AvgIpc) is 2.81. The summed E-state index contributed by atoms with van der Waals surface area (Å²) in [6.07, 6.45) is 1.53. The molecule has 3 rings (SSSR count). The summed E-state index contributed by atoms with van der Waals surface area (Å²) < 4.78 is 0. The van der Waals surface area contributed by atoms with Gasteiger partial charge in [0.15, 0.2) is 0 Å². The highest BCUT2D eigenvalue weighted by Gasteiger charge is 2.23. The fourth-order valence-electron chi connectivity index (χ4n) is 2.23. The number of carbonyl (C=O) groups excluding carboxylic acids is 1. The van der Waals surface area contributed by atoms with Gasteiger partial charge in [0.25, 0.3) is 5.91 Å². The molecular formula is C16H12N2O3. The fourth-order valence-corrected chi connectivity index (χ4v) is 2.23. The third-order valence-electron chi connectivity index (χ3n) is 3.24. The first-order valence-electron chi connectivity index (χ1n) is 6.36. The number of amides is 1. The van der Waals surface area contributed by atoms with Gasteiger partial charge in [-0.15, -0.1) is 0 Å². The fraction of sp³-hybridized carbons (Fsp3) is 0. The van der Waals surface area contributed by atoms with Crippen molar-refractivity contribution in [3.63, 3.8) is 0 Å². The average molecular weight is 280 g/mol. The Morgan fingerprint density at radius 2 is 1.81 bits per heavy atom. The van der Waals surface area contributed by atoms with Gasteiger partial charge in [-0.2, -0.15) is 0 Å². The Balaban J connectivity index is 1.94. The Morgan fingerprint density at radius 3 is 2.62 bits per heavy atom. The lowest BCUT2D eigenvalue weighted by atomic mass is 10.1. The molecule has 0 aliphatic carbocycles. The maximum atomic E-state index is 11.9. The predicted octanol–water partition coefficient (Wildman–Crippen LogP) is 2.79. The van der Waals surface area contributed by atoms with Gasteiger partial charge in [0.2, 0.25) is 0 Å². The van der Waals surface area contributed by atoms with Gasteiger partial charge in [-0.3, -0.25) is 4.79 Å². The molecule has 3 N–H and O–H groups in total. The molecule has 0 radical (unpaired) electrons. The number of carboxylic acid groups (broad SMARTS) is 1. The number of aromatic carboxylic acids is 1. The van der Waals surface area contributed by atoms with Crippen LogP contribution in [0.25, 0.3) is 5.57 Å². The van der Waals surface area contributed by atoms with Crippen molar-refractivity contribution in [1.82, 2.24) is 0 Å². The first-order valence-corrected chi connectivity index (χ1v) is 6.36. The van der Waals surface area contributed by atoms with E-state index in [1.54, 1.807) is 18.2 Å². The summed E-state index contributed by atoms with van der Waals surface area (Å²) in [6, 6.07) is 13.9. The molecule has 0 bridgehead atoms. The second-order valence-electron chi connectivity index (χ2n) is 4.55. The third-order valence-corrected chi connectivity index (χ3v) is 3.24. The number of anilines is 2. The van der Waals surface area contributed by atoms with Crippen LogP contribution in [0, 0.1) is 0 Å². The van der Waals surface area contributed by atoms with Crippen LogP contribution in [-0.2, 0) is 4.79 Å². The molecule has 0 spiro atoms. The largest absolute Gasteiger partial charge is 0.478 e. The van der Waals surface area contributed by atoms with Crippen molar-refractivity contribution < 1.29 is 14.7 Å². The van der Waals surface area contributed by atoms with Crippen LogP contribution in [0.2, 0.25) is 0 Å². The van der Waals surface area contributed by atoms with Crippen molar-refractivity contribution in [2.45, 2.75) is 0 Å². The van der Waals surface area contributed by atoms with Crippen LogP contribution in [0.5, 0.6) is 0 Å². The van der Waals surface area contributed by atoms with Crippen molar-refractivity contribution in [2.24, 2.45) is 0 Å². The second-order valence-corrected chi connectivity index (χ2v) is 4.55.